The predicted octanol–water partition coefficient (Wildman–Crippen LogP) is 3.34. The van der Waals surface area contributed by atoms with E-state index >= 15 is 0 Å². The van der Waals surface area contributed by atoms with Crippen molar-refractivity contribution in [1.82, 2.24) is 4.90 Å². The van der Waals surface area contributed by atoms with Gasteiger partial charge >= 0.3 is 0 Å². The molecular formula is C13H17Cl2NO. The second-order valence-electron chi connectivity index (χ2n) is 4.48. The van der Waals surface area contributed by atoms with Crippen molar-refractivity contribution in [3.8, 4) is 0 Å². The lowest BCUT2D eigenvalue weighted by Gasteiger charge is -2.37. The fourth-order valence-corrected chi connectivity index (χ4v) is 2.67. The van der Waals surface area contributed by atoms with Crippen LogP contribution in [0, 0.1) is 0 Å². The Morgan fingerprint density at radius 1 is 1.24 bits per heavy atom. The van der Waals surface area contributed by atoms with Gasteiger partial charge in [-0.1, -0.05) is 35.7 Å². The van der Waals surface area contributed by atoms with Gasteiger partial charge in [-0.25, -0.2) is 0 Å². The molecule has 1 aromatic carbocycles. The van der Waals surface area contributed by atoms with Gasteiger partial charge in [-0.05, 0) is 25.0 Å². The van der Waals surface area contributed by atoms with E-state index in [2.05, 4.69) is 4.90 Å². The van der Waals surface area contributed by atoms with Crippen molar-refractivity contribution in [2.45, 2.75) is 31.8 Å². The Balaban J connectivity index is 2.10. The normalized spacial score (nSPS) is 16.2. The van der Waals surface area contributed by atoms with E-state index < -0.39 is 0 Å². The lowest BCUT2D eigenvalue weighted by molar-refractivity contribution is 0.0946. The maximum atomic E-state index is 9.11. The lowest BCUT2D eigenvalue weighted by Crippen LogP contribution is -2.41. The molecule has 0 saturated heterocycles. The van der Waals surface area contributed by atoms with Gasteiger partial charge in [0.2, 0.25) is 0 Å². The molecule has 4 heteroatoms. The minimum absolute atomic E-state index is 0.179. The zero-order chi connectivity index (χ0) is 12.3. The van der Waals surface area contributed by atoms with Gasteiger partial charge in [-0.15, -0.1) is 0 Å². The van der Waals surface area contributed by atoms with E-state index in [0.717, 1.165) is 12.1 Å². The summed E-state index contributed by atoms with van der Waals surface area (Å²) in [5.41, 5.74) is 0.969. The number of aliphatic hydroxyl groups is 1. The number of hydrogen-bond donors (Lipinski definition) is 1. The number of halogens is 2. The molecule has 0 unspecified atom stereocenters. The quantitative estimate of drug-likeness (QED) is 0.890. The first-order valence-corrected chi connectivity index (χ1v) is 6.75. The van der Waals surface area contributed by atoms with E-state index in [-0.39, 0.29) is 6.61 Å². The molecule has 1 aliphatic rings. The third-order valence-electron chi connectivity index (χ3n) is 3.40. The molecule has 0 heterocycles. The van der Waals surface area contributed by atoms with Crippen molar-refractivity contribution < 1.29 is 5.11 Å². The van der Waals surface area contributed by atoms with E-state index in [0.29, 0.717) is 22.6 Å². The Morgan fingerprint density at radius 3 is 2.35 bits per heavy atom. The number of benzene rings is 1. The molecule has 0 atom stereocenters. The molecule has 17 heavy (non-hydrogen) atoms. The van der Waals surface area contributed by atoms with Crippen LogP contribution in [0.15, 0.2) is 18.2 Å². The minimum atomic E-state index is 0.179. The van der Waals surface area contributed by atoms with E-state index in [4.69, 9.17) is 28.3 Å². The molecule has 0 aromatic heterocycles. The second kappa shape index (κ2) is 6.05. The van der Waals surface area contributed by atoms with Gasteiger partial charge in [0.05, 0.1) is 6.61 Å². The van der Waals surface area contributed by atoms with Gasteiger partial charge < -0.3 is 5.11 Å². The molecule has 2 rings (SSSR count). The molecule has 1 aromatic rings. The topological polar surface area (TPSA) is 23.5 Å². The summed E-state index contributed by atoms with van der Waals surface area (Å²) in [7, 11) is 0. The smallest absolute Gasteiger partial charge is 0.0558 e. The van der Waals surface area contributed by atoms with Crippen LogP contribution in [0.5, 0.6) is 0 Å². The van der Waals surface area contributed by atoms with Crippen LogP contribution in [0.25, 0.3) is 0 Å². The third kappa shape index (κ3) is 3.14. The third-order valence-corrected chi connectivity index (χ3v) is 4.11. The number of rotatable bonds is 5. The highest BCUT2D eigenvalue weighted by molar-refractivity contribution is 6.35. The fourth-order valence-electron chi connectivity index (χ4n) is 2.16. The van der Waals surface area contributed by atoms with Gasteiger partial charge in [0.1, 0.15) is 0 Å². The van der Waals surface area contributed by atoms with Crippen LogP contribution < -0.4 is 0 Å². The monoisotopic (exact) mass is 273 g/mol. The number of hydrogen-bond acceptors (Lipinski definition) is 2. The van der Waals surface area contributed by atoms with Crippen LogP contribution in [-0.4, -0.2) is 29.2 Å². The van der Waals surface area contributed by atoms with Gasteiger partial charge in [-0.3, -0.25) is 4.90 Å². The van der Waals surface area contributed by atoms with Crippen molar-refractivity contribution in [3.63, 3.8) is 0 Å². The van der Waals surface area contributed by atoms with Gasteiger partial charge in [-0.2, -0.15) is 0 Å². The first-order chi connectivity index (χ1) is 8.22. The summed E-state index contributed by atoms with van der Waals surface area (Å²) in [6.07, 6.45) is 3.70. The summed E-state index contributed by atoms with van der Waals surface area (Å²) in [6.45, 7) is 1.59. The Hall–Kier alpha value is -0.280. The molecule has 0 aliphatic heterocycles. The van der Waals surface area contributed by atoms with Crippen molar-refractivity contribution in [1.29, 1.82) is 0 Å². The maximum absolute atomic E-state index is 9.11. The molecule has 1 N–H and O–H groups in total. The standard InChI is InChI=1S/C13H17Cl2NO/c14-12-5-2-6-13(15)11(12)9-16(7-8-17)10-3-1-4-10/h2,5-6,10,17H,1,3-4,7-9H2. The molecule has 1 saturated carbocycles. The Labute approximate surface area is 112 Å². The zero-order valence-corrected chi connectivity index (χ0v) is 11.2. The molecule has 94 valence electrons. The Morgan fingerprint density at radius 2 is 1.88 bits per heavy atom. The maximum Gasteiger partial charge on any atom is 0.0558 e. The first-order valence-electron chi connectivity index (χ1n) is 6.00. The number of aliphatic hydroxyl groups excluding tert-OH is 1. The van der Waals surface area contributed by atoms with Crippen LogP contribution in [0.1, 0.15) is 24.8 Å². The van der Waals surface area contributed by atoms with E-state index in [9.17, 15) is 0 Å². The minimum Gasteiger partial charge on any atom is -0.395 e. The SMILES string of the molecule is OCCN(Cc1c(Cl)cccc1Cl)C1CCC1. The van der Waals surface area contributed by atoms with E-state index in [1.807, 2.05) is 18.2 Å². The van der Waals surface area contributed by atoms with Crippen molar-refractivity contribution in [2.75, 3.05) is 13.2 Å². The van der Waals surface area contributed by atoms with Crippen LogP contribution in [0.2, 0.25) is 10.0 Å². The summed E-state index contributed by atoms with van der Waals surface area (Å²) >= 11 is 12.3. The lowest BCUT2D eigenvalue weighted by atomic mass is 9.91. The molecule has 0 spiro atoms. The summed E-state index contributed by atoms with van der Waals surface area (Å²) in [4.78, 5) is 2.27. The first kappa shape index (κ1) is 13.2. The van der Waals surface area contributed by atoms with Crippen molar-refractivity contribution in [3.05, 3.63) is 33.8 Å². The van der Waals surface area contributed by atoms with Gasteiger partial charge in [0.25, 0.3) is 0 Å². The van der Waals surface area contributed by atoms with Crippen LogP contribution in [0.3, 0.4) is 0 Å². The van der Waals surface area contributed by atoms with Gasteiger partial charge in [0, 0.05) is 34.7 Å². The largest absolute Gasteiger partial charge is 0.395 e. The van der Waals surface area contributed by atoms with Crippen molar-refractivity contribution >= 4 is 23.2 Å². The highest BCUT2D eigenvalue weighted by atomic mass is 35.5. The van der Waals surface area contributed by atoms with E-state index in [1.54, 1.807) is 0 Å². The highest BCUT2D eigenvalue weighted by Crippen LogP contribution is 2.30. The summed E-state index contributed by atoms with van der Waals surface area (Å²) in [5.74, 6) is 0. The van der Waals surface area contributed by atoms with Crippen LogP contribution in [-0.2, 0) is 6.54 Å². The van der Waals surface area contributed by atoms with Gasteiger partial charge in [0.15, 0.2) is 0 Å². The van der Waals surface area contributed by atoms with Crippen molar-refractivity contribution in [2.24, 2.45) is 0 Å². The molecule has 1 fully saturated rings. The predicted molar refractivity (Wildman–Crippen MR) is 71.6 cm³/mol. The average molecular weight is 274 g/mol. The molecule has 0 radical (unpaired) electrons. The Kier molecular flexibility index (Phi) is 4.69. The van der Waals surface area contributed by atoms with E-state index in [1.165, 1.54) is 19.3 Å². The fraction of sp³-hybridized carbons (Fsp3) is 0.538. The molecule has 0 amide bonds. The zero-order valence-electron chi connectivity index (χ0n) is 9.70. The molecule has 1 aliphatic carbocycles. The second-order valence-corrected chi connectivity index (χ2v) is 5.29. The summed E-state index contributed by atoms with van der Waals surface area (Å²) in [6, 6.07) is 6.16. The molecule has 0 bridgehead atoms. The highest BCUT2D eigenvalue weighted by Gasteiger charge is 2.25. The van der Waals surface area contributed by atoms with Crippen LogP contribution >= 0.6 is 23.2 Å². The summed E-state index contributed by atoms with van der Waals surface area (Å²) in [5, 5.41) is 10.5. The van der Waals surface area contributed by atoms with Crippen LogP contribution in [0.4, 0.5) is 0 Å². The summed E-state index contributed by atoms with van der Waals surface area (Å²) < 4.78 is 0. The average Bonchev–Trinajstić information content (AvgIpc) is 2.21. The molecule has 2 nitrogen and oxygen atoms in total. The Bertz CT molecular complexity index is 359. The molecular weight excluding hydrogens is 257 g/mol. The number of nitrogens with zero attached hydrogens (tertiary/aromatic N) is 1.